The predicted octanol–water partition coefficient (Wildman–Crippen LogP) is 7.20. The van der Waals surface area contributed by atoms with Gasteiger partial charge in [-0.15, -0.1) is 0 Å². The highest BCUT2D eigenvalue weighted by molar-refractivity contribution is 14.1. The molecular formula is C23H21F3INO2. The lowest BCUT2D eigenvalue weighted by Gasteiger charge is -2.05. The number of halogens is 4. The maximum Gasteiger partial charge on any atom is 0.416 e. The molecule has 0 aliphatic heterocycles. The van der Waals surface area contributed by atoms with Gasteiger partial charge in [0.2, 0.25) is 5.89 Å². The molecule has 0 N–H and O–H groups in total. The van der Waals surface area contributed by atoms with Gasteiger partial charge in [0.15, 0.2) is 0 Å². The van der Waals surface area contributed by atoms with Gasteiger partial charge in [0.05, 0.1) is 5.56 Å². The molecule has 30 heavy (non-hydrogen) atoms. The predicted molar refractivity (Wildman–Crippen MR) is 119 cm³/mol. The quantitative estimate of drug-likeness (QED) is 0.168. The highest BCUT2D eigenvalue weighted by atomic mass is 127. The molecule has 3 nitrogen and oxygen atoms in total. The topological polar surface area (TPSA) is 35.3 Å². The minimum Gasteiger partial charge on any atom is -0.487 e. The summed E-state index contributed by atoms with van der Waals surface area (Å²) in [6, 6.07) is 12.9. The molecule has 158 valence electrons. The Morgan fingerprint density at radius 1 is 0.967 bits per heavy atom. The molecule has 0 atom stereocenters. The number of hydrogen-bond acceptors (Lipinski definition) is 3. The van der Waals surface area contributed by atoms with E-state index in [0.29, 0.717) is 17.1 Å². The summed E-state index contributed by atoms with van der Waals surface area (Å²) < 4.78 is 50.1. The fraction of sp³-hybridized carbons (Fsp3) is 0.261. The number of alkyl halides is 4. The molecule has 0 unspecified atom stereocenters. The maximum atomic E-state index is 12.6. The molecule has 2 aromatic carbocycles. The molecule has 3 rings (SSSR count). The van der Waals surface area contributed by atoms with Gasteiger partial charge in [0, 0.05) is 6.08 Å². The van der Waals surface area contributed by atoms with Crippen LogP contribution < -0.4 is 4.74 Å². The molecule has 0 aliphatic carbocycles. The third kappa shape index (κ3) is 6.90. The first kappa shape index (κ1) is 22.4. The largest absolute Gasteiger partial charge is 0.487 e. The van der Waals surface area contributed by atoms with Crippen LogP contribution in [0.3, 0.4) is 0 Å². The number of ether oxygens (including phenoxy) is 1. The molecule has 0 fully saturated rings. The van der Waals surface area contributed by atoms with Crippen molar-refractivity contribution in [2.75, 3.05) is 4.43 Å². The first-order valence-corrected chi connectivity index (χ1v) is 11.0. The zero-order valence-corrected chi connectivity index (χ0v) is 18.3. The summed E-state index contributed by atoms with van der Waals surface area (Å²) in [5.74, 6) is 1.12. The lowest BCUT2D eigenvalue weighted by Crippen LogP contribution is -2.03. The van der Waals surface area contributed by atoms with Gasteiger partial charge >= 0.3 is 6.18 Å². The van der Waals surface area contributed by atoms with Gasteiger partial charge in [0.1, 0.15) is 24.3 Å². The Hall–Kier alpha value is -2.29. The van der Waals surface area contributed by atoms with Gasteiger partial charge in [-0.25, -0.2) is 4.98 Å². The lowest BCUT2D eigenvalue weighted by molar-refractivity contribution is -0.137. The summed E-state index contributed by atoms with van der Waals surface area (Å²) in [5, 5.41) is 0. The number of unbranched alkanes of at least 4 members (excludes halogenated alkanes) is 1. The SMILES string of the molecule is FC(F)(F)c1ccc(/C=C/c2nc(COc3ccc(CCCCI)cc3)co2)cc1. The van der Waals surface area contributed by atoms with Crippen molar-refractivity contribution >= 4 is 34.7 Å². The van der Waals surface area contributed by atoms with Crippen molar-refractivity contribution in [1.29, 1.82) is 0 Å². The Labute approximate surface area is 187 Å². The van der Waals surface area contributed by atoms with Crippen LogP contribution in [0, 0.1) is 0 Å². The van der Waals surface area contributed by atoms with Crippen molar-refractivity contribution in [1.82, 2.24) is 4.98 Å². The second-order valence-corrected chi connectivity index (χ2v) is 7.79. The highest BCUT2D eigenvalue weighted by Crippen LogP contribution is 2.29. The molecule has 0 radical (unpaired) electrons. The fourth-order valence-electron chi connectivity index (χ4n) is 2.75. The Morgan fingerprint density at radius 3 is 2.37 bits per heavy atom. The normalized spacial score (nSPS) is 11.9. The van der Waals surface area contributed by atoms with Crippen LogP contribution >= 0.6 is 22.6 Å². The summed E-state index contributed by atoms with van der Waals surface area (Å²) in [6.45, 7) is 0.270. The number of hydrogen-bond donors (Lipinski definition) is 0. The molecule has 0 saturated heterocycles. The van der Waals surface area contributed by atoms with Crippen LogP contribution in [0.5, 0.6) is 5.75 Å². The number of aryl methyl sites for hydroxylation is 1. The van der Waals surface area contributed by atoms with E-state index in [9.17, 15) is 13.2 Å². The number of oxazole rings is 1. The summed E-state index contributed by atoms with van der Waals surface area (Å²) >= 11 is 2.39. The molecule has 0 saturated carbocycles. The van der Waals surface area contributed by atoms with Crippen molar-refractivity contribution in [3.05, 3.63) is 83.1 Å². The van der Waals surface area contributed by atoms with E-state index in [1.54, 1.807) is 12.2 Å². The van der Waals surface area contributed by atoms with Crippen molar-refractivity contribution in [3.8, 4) is 5.75 Å². The number of rotatable bonds is 9. The van der Waals surface area contributed by atoms with Gasteiger partial charge in [-0.3, -0.25) is 0 Å². The molecule has 7 heteroatoms. The molecule has 0 spiro atoms. The minimum absolute atomic E-state index is 0.270. The summed E-state index contributed by atoms with van der Waals surface area (Å²) in [7, 11) is 0. The lowest BCUT2D eigenvalue weighted by atomic mass is 10.1. The molecule has 0 bridgehead atoms. The zero-order chi connectivity index (χ0) is 21.4. The number of nitrogens with zero attached hydrogens (tertiary/aromatic N) is 1. The van der Waals surface area contributed by atoms with Crippen LogP contribution in [-0.2, 0) is 19.2 Å². The van der Waals surface area contributed by atoms with Crippen molar-refractivity contribution < 1.29 is 22.3 Å². The second-order valence-electron chi connectivity index (χ2n) is 6.71. The zero-order valence-electron chi connectivity index (χ0n) is 16.2. The van der Waals surface area contributed by atoms with Crippen LogP contribution in [-0.4, -0.2) is 9.41 Å². The van der Waals surface area contributed by atoms with Gasteiger partial charge in [-0.05, 0) is 65.2 Å². The number of aromatic nitrogens is 1. The first-order valence-electron chi connectivity index (χ1n) is 9.51. The van der Waals surface area contributed by atoms with E-state index in [1.807, 2.05) is 12.1 Å². The van der Waals surface area contributed by atoms with E-state index >= 15 is 0 Å². The molecule has 3 aromatic rings. The third-order valence-corrected chi connectivity index (χ3v) is 5.15. The Bertz CT molecular complexity index is 948. The van der Waals surface area contributed by atoms with E-state index in [2.05, 4.69) is 39.7 Å². The smallest absolute Gasteiger partial charge is 0.416 e. The minimum atomic E-state index is -4.34. The molecule has 1 heterocycles. The molecular weight excluding hydrogens is 506 g/mol. The van der Waals surface area contributed by atoms with Crippen LogP contribution in [0.4, 0.5) is 13.2 Å². The van der Waals surface area contributed by atoms with E-state index < -0.39 is 11.7 Å². The second kappa shape index (κ2) is 10.7. The van der Waals surface area contributed by atoms with Crippen LogP contribution in [0.15, 0.2) is 59.2 Å². The van der Waals surface area contributed by atoms with Gasteiger partial charge in [0.25, 0.3) is 0 Å². The average Bonchev–Trinajstić information content (AvgIpc) is 3.19. The van der Waals surface area contributed by atoms with E-state index in [-0.39, 0.29) is 6.61 Å². The number of benzene rings is 2. The van der Waals surface area contributed by atoms with Gasteiger partial charge in [-0.2, -0.15) is 13.2 Å². The van der Waals surface area contributed by atoms with Crippen LogP contribution in [0.1, 0.15) is 41.1 Å². The van der Waals surface area contributed by atoms with Crippen LogP contribution in [0.25, 0.3) is 12.2 Å². The fourth-order valence-corrected chi connectivity index (χ4v) is 3.29. The van der Waals surface area contributed by atoms with E-state index in [0.717, 1.165) is 24.3 Å². The molecule has 0 amide bonds. The van der Waals surface area contributed by atoms with Gasteiger partial charge < -0.3 is 9.15 Å². The summed E-state index contributed by atoms with van der Waals surface area (Å²) in [6.07, 6.45) is 3.90. The van der Waals surface area contributed by atoms with Crippen LogP contribution in [0.2, 0.25) is 0 Å². The standard InChI is InChI=1S/C23H21F3INO2/c24-23(25,26)19-9-4-18(5-10-19)8-13-22-28-20(16-30-22)15-29-21-11-6-17(7-12-21)3-1-2-14-27/h4-13,16H,1-3,14-15H2/b13-8+. The molecule has 0 aliphatic rings. The van der Waals surface area contributed by atoms with E-state index in [4.69, 9.17) is 9.15 Å². The Balaban J connectivity index is 1.51. The first-order chi connectivity index (χ1) is 14.4. The summed E-state index contributed by atoms with van der Waals surface area (Å²) in [5.41, 5.74) is 1.87. The Kier molecular flexibility index (Phi) is 7.95. The van der Waals surface area contributed by atoms with Crippen molar-refractivity contribution in [2.45, 2.75) is 32.0 Å². The highest BCUT2D eigenvalue weighted by Gasteiger charge is 2.29. The van der Waals surface area contributed by atoms with Crippen molar-refractivity contribution in [3.63, 3.8) is 0 Å². The monoisotopic (exact) mass is 527 g/mol. The Morgan fingerprint density at radius 2 is 1.70 bits per heavy atom. The average molecular weight is 527 g/mol. The van der Waals surface area contributed by atoms with Gasteiger partial charge in [-0.1, -0.05) is 46.9 Å². The maximum absolute atomic E-state index is 12.6. The van der Waals surface area contributed by atoms with E-state index in [1.165, 1.54) is 41.2 Å². The molecule has 1 aromatic heterocycles. The van der Waals surface area contributed by atoms with Crippen molar-refractivity contribution in [2.24, 2.45) is 0 Å². The third-order valence-electron chi connectivity index (χ3n) is 4.39. The summed E-state index contributed by atoms with van der Waals surface area (Å²) in [4.78, 5) is 4.31.